The van der Waals surface area contributed by atoms with E-state index in [0.29, 0.717) is 19.4 Å². The Balaban J connectivity index is 3.79. The topological polar surface area (TPSA) is 122 Å². The summed E-state index contributed by atoms with van der Waals surface area (Å²) in [5, 5.41) is 9.41. The van der Waals surface area contributed by atoms with Crippen molar-refractivity contribution in [2.75, 3.05) is 6.54 Å². The molecular weight excluding hydrogens is 406 g/mol. The molecule has 0 fully saturated rings. The lowest BCUT2D eigenvalue weighted by Crippen LogP contribution is -2.46. The first-order valence-corrected chi connectivity index (χ1v) is 13.0. The van der Waals surface area contributed by atoms with E-state index in [1.165, 1.54) is 64.2 Å². The molecule has 32 heavy (non-hydrogen) atoms. The van der Waals surface area contributed by atoms with E-state index in [0.717, 1.165) is 38.4 Å². The van der Waals surface area contributed by atoms with Crippen molar-refractivity contribution in [2.24, 2.45) is 11.7 Å². The zero-order valence-corrected chi connectivity index (χ0v) is 20.4. The normalized spacial score (nSPS) is 12.9. The molecule has 2 unspecified atom stereocenters. The summed E-state index contributed by atoms with van der Waals surface area (Å²) in [4.78, 5) is 34.6. The van der Waals surface area contributed by atoms with Crippen LogP contribution in [0.2, 0.25) is 0 Å². The van der Waals surface area contributed by atoms with Gasteiger partial charge in [-0.1, -0.05) is 96.8 Å². The Morgan fingerprint density at radius 2 is 1.31 bits per heavy atom. The van der Waals surface area contributed by atoms with E-state index in [4.69, 9.17) is 5.73 Å². The van der Waals surface area contributed by atoms with Crippen molar-refractivity contribution in [2.45, 2.75) is 129 Å². The van der Waals surface area contributed by atoms with E-state index >= 15 is 0 Å². The summed E-state index contributed by atoms with van der Waals surface area (Å²) in [6.45, 7) is 2.81. The molecule has 0 saturated carbocycles. The zero-order chi connectivity index (χ0) is 23.9. The minimum atomic E-state index is -0.936. The van der Waals surface area contributed by atoms with Gasteiger partial charge in [-0.05, 0) is 25.8 Å². The lowest BCUT2D eigenvalue weighted by atomic mass is 9.96. The quantitative estimate of drug-likeness (QED) is 0.0935. The van der Waals surface area contributed by atoms with Crippen molar-refractivity contribution < 1.29 is 19.5 Å². The Kier molecular flexibility index (Phi) is 21.7. The van der Waals surface area contributed by atoms with Crippen molar-refractivity contribution in [1.29, 1.82) is 0 Å². The van der Waals surface area contributed by atoms with E-state index in [2.05, 4.69) is 17.8 Å². The first-order valence-electron chi connectivity index (χ1n) is 13.0. The molecule has 0 saturated heterocycles. The number of carbonyl (C=O) groups excluding carboxylic acids is 2. The maximum Gasteiger partial charge on any atom is 0.307 e. The highest BCUT2D eigenvalue weighted by atomic mass is 16.4. The fourth-order valence-corrected chi connectivity index (χ4v) is 3.85. The number of nitrogens with two attached hydrogens (primary N) is 1. The third-order valence-corrected chi connectivity index (χ3v) is 5.97. The molecule has 0 aromatic heterocycles. The summed E-state index contributed by atoms with van der Waals surface area (Å²) < 4.78 is 0. The number of carbonyl (C=O) groups is 3. The number of unbranched alkanes of at least 4 members (excludes halogenated alkanes) is 13. The fourth-order valence-electron chi connectivity index (χ4n) is 3.85. The van der Waals surface area contributed by atoms with Gasteiger partial charge in [0.05, 0.1) is 12.0 Å². The minimum absolute atomic E-state index is 0.0744. The predicted molar refractivity (Wildman–Crippen MR) is 130 cm³/mol. The highest BCUT2D eigenvalue weighted by Crippen LogP contribution is 2.17. The van der Waals surface area contributed by atoms with Crippen LogP contribution in [0, 0.1) is 5.92 Å². The lowest BCUT2D eigenvalue weighted by molar-refractivity contribution is -0.144. The van der Waals surface area contributed by atoms with Gasteiger partial charge in [0.2, 0.25) is 5.91 Å². The van der Waals surface area contributed by atoms with Gasteiger partial charge in [0, 0.05) is 6.42 Å². The van der Waals surface area contributed by atoms with Crippen LogP contribution in [0.3, 0.4) is 0 Å². The van der Waals surface area contributed by atoms with Crippen LogP contribution in [0.25, 0.3) is 0 Å². The molecule has 0 aromatic carbocycles. The third kappa shape index (κ3) is 19.2. The smallest absolute Gasteiger partial charge is 0.307 e. The Morgan fingerprint density at radius 1 is 0.812 bits per heavy atom. The molecule has 0 aromatic rings. The number of hydrogen-bond acceptors (Lipinski definition) is 5. The molecule has 0 radical (unpaired) electrons. The number of amides is 1. The summed E-state index contributed by atoms with van der Waals surface area (Å²) in [6.07, 6.45) is 19.6. The van der Waals surface area contributed by atoms with Crippen LogP contribution in [0.1, 0.15) is 122 Å². The van der Waals surface area contributed by atoms with Crippen LogP contribution in [0.4, 0.5) is 0 Å². The highest BCUT2D eigenvalue weighted by Gasteiger charge is 2.21. The Bertz CT molecular complexity index is 474. The summed E-state index contributed by atoms with van der Waals surface area (Å²) in [5.41, 5.74) is 10.6. The second-order valence-corrected chi connectivity index (χ2v) is 8.99. The van der Waals surface area contributed by atoms with E-state index in [9.17, 15) is 19.5 Å². The first-order chi connectivity index (χ1) is 15.5. The molecule has 0 aliphatic heterocycles. The van der Waals surface area contributed by atoms with Gasteiger partial charge in [-0.3, -0.25) is 15.0 Å². The van der Waals surface area contributed by atoms with Gasteiger partial charge in [-0.15, -0.1) is 0 Å². The molecule has 5 N–H and O–H groups in total. The van der Waals surface area contributed by atoms with Crippen LogP contribution in [-0.2, 0) is 14.4 Å². The molecule has 188 valence electrons. The Labute approximate surface area is 195 Å². The Hall–Kier alpha value is -1.47. The lowest BCUT2D eigenvalue weighted by Gasteiger charge is -2.16. The van der Waals surface area contributed by atoms with Crippen molar-refractivity contribution in [3.8, 4) is 0 Å². The van der Waals surface area contributed by atoms with Gasteiger partial charge >= 0.3 is 5.97 Å². The van der Waals surface area contributed by atoms with Crippen molar-refractivity contribution in [1.82, 2.24) is 10.9 Å². The van der Waals surface area contributed by atoms with Gasteiger partial charge in [-0.2, -0.15) is 0 Å². The van der Waals surface area contributed by atoms with Crippen molar-refractivity contribution >= 4 is 18.2 Å². The monoisotopic (exact) mass is 455 g/mol. The molecule has 7 nitrogen and oxygen atoms in total. The highest BCUT2D eigenvalue weighted by molar-refractivity contribution is 5.82. The van der Waals surface area contributed by atoms with Crippen LogP contribution in [-0.4, -0.2) is 35.9 Å². The number of rotatable bonds is 24. The second kappa shape index (κ2) is 22.7. The number of hydrogen-bond donors (Lipinski definition) is 4. The number of aliphatic carboxylic acids is 1. The summed E-state index contributed by atoms with van der Waals surface area (Å²) in [5.74, 6) is -2.01. The fraction of sp³-hybridized carbons (Fsp3) is 0.880. The first kappa shape index (κ1) is 30.5. The average Bonchev–Trinajstić information content (AvgIpc) is 2.78. The number of hydrazine groups is 1. The third-order valence-electron chi connectivity index (χ3n) is 5.97. The van der Waals surface area contributed by atoms with Crippen LogP contribution in [0.5, 0.6) is 0 Å². The maximum atomic E-state index is 12.1. The number of nitrogens with one attached hydrogen (secondary N) is 2. The van der Waals surface area contributed by atoms with Gasteiger partial charge in [0.15, 0.2) is 0 Å². The molecule has 7 heteroatoms. The summed E-state index contributed by atoms with van der Waals surface area (Å²) in [6, 6.07) is -0.477. The van der Waals surface area contributed by atoms with Crippen LogP contribution < -0.4 is 16.6 Å². The number of aldehydes is 1. The minimum Gasteiger partial charge on any atom is -0.481 e. The van der Waals surface area contributed by atoms with E-state index < -0.39 is 23.8 Å². The summed E-state index contributed by atoms with van der Waals surface area (Å²) in [7, 11) is 0. The molecule has 0 spiro atoms. The number of carboxylic acid groups (broad SMARTS) is 1. The molecule has 1 amide bonds. The molecule has 0 aliphatic rings. The molecule has 0 rings (SSSR count). The van der Waals surface area contributed by atoms with E-state index in [-0.39, 0.29) is 6.42 Å². The Morgan fingerprint density at radius 3 is 1.78 bits per heavy atom. The molecule has 0 bridgehead atoms. The SMILES string of the molecule is CCCCCCCCCCCCCCCC(CC(=O)NNC(C=O)CCCCN)C(=O)O. The molecule has 0 aliphatic carbocycles. The van der Waals surface area contributed by atoms with Gasteiger partial charge in [-0.25, -0.2) is 5.43 Å². The van der Waals surface area contributed by atoms with Crippen molar-refractivity contribution in [3.05, 3.63) is 0 Å². The molecule has 2 atom stereocenters. The molecule has 0 heterocycles. The second-order valence-electron chi connectivity index (χ2n) is 8.99. The van der Waals surface area contributed by atoms with Gasteiger partial charge < -0.3 is 15.6 Å². The number of carboxylic acids is 1. The largest absolute Gasteiger partial charge is 0.481 e. The maximum absolute atomic E-state index is 12.1. The average molecular weight is 456 g/mol. The summed E-state index contributed by atoms with van der Waals surface area (Å²) >= 11 is 0. The van der Waals surface area contributed by atoms with Gasteiger partial charge in [0.1, 0.15) is 6.29 Å². The standard InChI is InChI=1S/C25H49N3O4/c1-2-3-4-5-6-7-8-9-10-11-12-13-14-17-22(25(31)32)20-24(30)28-27-23(21-29)18-15-16-19-26/h21-23,27H,2-20,26H2,1H3,(H,28,30)(H,31,32). The predicted octanol–water partition coefficient (Wildman–Crippen LogP) is 4.88. The van der Waals surface area contributed by atoms with Crippen LogP contribution >= 0.6 is 0 Å². The molecular formula is C25H49N3O4. The zero-order valence-electron chi connectivity index (χ0n) is 20.4. The van der Waals surface area contributed by atoms with E-state index in [1.54, 1.807) is 0 Å². The van der Waals surface area contributed by atoms with E-state index in [1.807, 2.05) is 0 Å². The van der Waals surface area contributed by atoms with Gasteiger partial charge in [0.25, 0.3) is 0 Å². The van der Waals surface area contributed by atoms with Crippen molar-refractivity contribution in [3.63, 3.8) is 0 Å². The van der Waals surface area contributed by atoms with Crippen LogP contribution in [0.15, 0.2) is 0 Å².